The van der Waals surface area contributed by atoms with Crippen molar-refractivity contribution in [3.63, 3.8) is 0 Å². The number of benzene rings is 2. The monoisotopic (exact) mass is 427 g/mol. The molecule has 0 saturated carbocycles. The summed E-state index contributed by atoms with van der Waals surface area (Å²) in [6.45, 7) is 6.45. The average molecular weight is 428 g/mol. The van der Waals surface area contributed by atoms with Gasteiger partial charge in [0.25, 0.3) is 0 Å². The summed E-state index contributed by atoms with van der Waals surface area (Å²) in [7, 11) is 3.22. The van der Waals surface area contributed by atoms with Gasteiger partial charge in [-0.15, -0.1) is 0 Å². The van der Waals surface area contributed by atoms with Gasteiger partial charge in [-0.25, -0.2) is 4.79 Å². The second-order valence-electron chi connectivity index (χ2n) is 7.78. The Bertz CT molecular complexity index is 787. The molecule has 0 aromatic heterocycles. The van der Waals surface area contributed by atoms with E-state index in [9.17, 15) is 4.79 Å². The van der Waals surface area contributed by atoms with Crippen molar-refractivity contribution in [3.05, 3.63) is 54.1 Å². The summed E-state index contributed by atoms with van der Waals surface area (Å²) in [6.07, 6.45) is 5.01. The van der Waals surface area contributed by atoms with Gasteiger partial charge in [-0.3, -0.25) is 0 Å². The predicted molar refractivity (Wildman–Crippen MR) is 126 cm³/mol. The normalized spacial score (nSPS) is 12.8. The molecule has 0 aliphatic carbocycles. The standard InChI is InChI=1S/C26H37NO4/c1-6-12-19(13-7-2)23(8-3)31-26(28)25(20-14-10-9-11-15-20)27-22-18-21(29-4)16-17-24(22)30-5/h9-11,14-19,23,25,27H,6-8,12-13H2,1-5H3/t23-,25?/m0/s1. The van der Waals surface area contributed by atoms with Crippen molar-refractivity contribution in [2.75, 3.05) is 19.5 Å². The largest absolute Gasteiger partial charge is 0.497 e. The lowest BCUT2D eigenvalue weighted by molar-refractivity contribution is -0.153. The smallest absolute Gasteiger partial charge is 0.333 e. The molecule has 1 N–H and O–H groups in total. The molecule has 0 spiro atoms. The summed E-state index contributed by atoms with van der Waals surface area (Å²) >= 11 is 0. The van der Waals surface area contributed by atoms with Crippen LogP contribution in [0.3, 0.4) is 0 Å². The number of ether oxygens (including phenoxy) is 3. The first kappa shape index (κ1) is 24.6. The van der Waals surface area contributed by atoms with E-state index in [2.05, 4.69) is 26.1 Å². The van der Waals surface area contributed by atoms with Crippen LogP contribution < -0.4 is 14.8 Å². The van der Waals surface area contributed by atoms with Crippen LogP contribution in [0.15, 0.2) is 48.5 Å². The van der Waals surface area contributed by atoms with E-state index in [4.69, 9.17) is 14.2 Å². The second kappa shape index (κ2) is 12.9. The van der Waals surface area contributed by atoms with Crippen molar-refractivity contribution in [3.8, 4) is 11.5 Å². The highest BCUT2D eigenvalue weighted by molar-refractivity contribution is 5.82. The summed E-state index contributed by atoms with van der Waals surface area (Å²) in [5, 5.41) is 3.34. The van der Waals surface area contributed by atoms with Crippen molar-refractivity contribution in [1.82, 2.24) is 0 Å². The zero-order valence-electron chi connectivity index (χ0n) is 19.5. The van der Waals surface area contributed by atoms with Gasteiger partial charge in [-0.2, -0.15) is 0 Å². The first-order valence-corrected chi connectivity index (χ1v) is 11.3. The van der Waals surface area contributed by atoms with E-state index in [0.29, 0.717) is 23.1 Å². The topological polar surface area (TPSA) is 56.8 Å². The lowest BCUT2D eigenvalue weighted by Crippen LogP contribution is -2.32. The maximum atomic E-state index is 13.4. The lowest BCUT2D eigenvalue weighted by atomic mass is 9.91. The molecule has 0 fully saturated rings. The van der Waals surface area contributed by atoms with Crippen LogP contribution in [0.1, 0.15) is 64.5 Å². The molecule has 0 aliphatic rings. The number of carbonyl (C=O) groups is 1. The van der Waals surface area contributed by atoms with Gasteiger partial charge < -0.3 is 19.5 Å². The Balaban J connectivity index is 2.33. The van der Waals surface area contributed by atoms with E-state index in [0.717, 1.165) is 37.7 Å². The van der Waals surface area contributed by atoms with Crippen LogP contribution in [-0.4, -0.2) is 26.3 Å². The van der Waals surface area contributed by atoms with E-state index in [-0.39, 0.29) is 12.1 Å². The van der Waals surface area contributed by atoms with Crippen LogP contribution in [-0.2, 0) is 9.53 Å². The van der Waals surface area contributed by atoms with Gasteiger partial charge in [-0.05, 0) is 42.9 Å². The van der Waals surface area contributed by atoms with Gasteiger partial charge in [0.1, 0.15) is 17.6 Å². The first-order chi connectivity index (χ1) is 15.1. The van der Waals surface area contributed by atoms with Gasteiger partial charge in [-0.1, -0.05) is 63.9 Å². The fraction of sp³-hybridized carbons (Fsp3) is 0.500. The molecule has 0 bridgehead atoms. The summed E-state index contributed by atoms with van der Waals surface area (Å²) in [5.74, 6) is 1.42. The molecular formula is C26H37NO4. The molecule has 1 unspecified atom stereocenters. The SMILES string of the molecule is CCCC(CCC)[C@H](CC)OC(=O)C(Nc1cc(OC)ccc1OC)c1ccccc1. The Morgan fingerprint density at radius 1 is 0.935 bits per heavy atom. The summed E-state index contributed by atoms with van der Waals surface area (Å²) in [4.78, 5) is 13.4. The molecule has 2 rings (SSSR count). The fourth-order valence-electron chi connectivity index (χ4n) is 3.99. The molecule has 170 valence electrons. The molecule has 2 aromatic carbocycles. The van der Waals surface area contributed by atoms with E-state index < -0.39 is 6.04 Å². The van der Waals surface area contributed by atoms with Gasteiger partial charge in [0, 0.05) is 6.07 Å². The molecule has 0 saturated heterocycles. The van der Waals surface area contributed by atoms with E-state index >= 15 is 0 Å². The number of methoxy groups -OCH3 is 2. The third kappa shape index (κ3) is 6.91. The average Bonchev–Trinajstić information content (AvgIpc) is 2.81. The molecule has 31 heavy (non-hydrogen) atoms. The molecular weight excluding hydrogens is 390 g/mol. The van der Waals surface area contributed by atoms with Crippen molar-refractivity contribution in [1.29, 1.82) is 0 Å². The van der Waals surface area contributed by atoms with E-state index in [1.165, 1.54) is 0 Å². The van der Waals surface area contributed by atoms with E-state index in [1.54, 1.807) is 14.2 Å². The maximum absolute atomic E-state index is 13.4. The number of esters is 1. The third-order valence-corrected chi connectivity index (χ3v) is 5.59. The van der Waals surface area contributed by atoms with Gasteiger partial charge >= 0.3 is 5.97 Å². The highest BCUT2D eigenvalue weighted by Gasteiger charge is 2.29. The Labute approximate surface area is 187 Å². The fourth-order valence-corrected chi connectivity index (χ4v) is 3.99. The number of rotatable bonds is 13. The molecule has 0 heterocycles. The molecule has 0 radical (unpaired) electrons. The van der Waals surface area contributed by atoms with Crippen molar-refractivity contribution in [2.45, 2.75) is 65.0 Å². The Morgan fingerprint density at radius 3 is 2.16 bits per heavy atom. The van der Waals surface area contributed by atoms with Crippen LogP contribution in [0.2, 0.25) is 0 Å². The van der Waals surface area contributed by atoms with Crippen molar-refractivity contribution >= 4 is 11.7 Å². The van der Waals surface area contributed by atoms with E-state index in [1.807, 2.05) is 48.5 Å². The zero-order valence-corrected chi connectivity index (χ0v) is 19.5. The molecule has 0 aliphatic heterocycles. The molecule has 2 atom stereocenters. The van der Waals surface area contributed by atoms with Crippen LogP contribution in [0.5, 0.6) is 11.5 Å². The molecule has 0 amide bonds. The number of carbonyl (C=O) groups excluding carboxylic acids is 1. The molecule has 5 heteroatoms. The van der Waals surface area contributed by atoms with Crippen LogP contribution in [0, 0.1) is 5.92 Å². The van der Waals surface area contributed by atoms with Crippen LogP contribution in [0.4, 0.5) is 5.69 Å². The second-order valence-corrected chi connectivity index (χ2v) is 7.78. The predicted octanol–water partition coefficient (Wildman–Crippen LogP) is 6.40. The Hall–Kier alpha value is -2.69. The Kier molecular flexibility index (Phi) is 10.2. The maximum Gasteiger partial charge on any atom is 0.333 e. The number of nitrogens with one attached hydrogen (secondary N) is 1. The van der Waals surface area contributed by atoms with Crippen molar-refractivity contribution < 1.29 is 19.0 Å². The third-order valence-electron chi connectivity index (χ3n) is 5.59. The summed E-state index contributed by atoms with van der Waals surface area (Å²) in [6, 6.07) is 14.5. The quantitative estimate of drug-likeness (QED) is 0.375. The van der Waals surface area contributed by atoms with Crippen LogP contribution in [0.25, 0.3) is 0 Å². The number of hydrogen-bond donors (Lipinski definition) is 1. The number of anilines is 1. The van der Waals surface area contributed by atoms with Gasteiger partial charge in [0.05, 0.1) is 19.9 Å². The first-order valence-electron chi connectivity index (χ1n) is 11.3. The lowest BCUT2D eigenvalue weighted by Gasteiger charge is -2.28. The van der Waals surface area contributed by atoms with Gasteiger partial charge in [0.15, 0.2) is 6.04 Å². The van der Waals surface area contributed by atoms with Crippen molar-refractivity contribution in [2.24, 2.45) is 5.92 Å². The summed E-state index contributed by atoms with van der Waals surface area (Å²) in [5.41, 5.74) is 1.52. The minimum atomic E-state index is -0.653. The minimum Gasteiger partial charge on any atom is -0.497 e. The highest BCUT2D eigenvalue weighted by atomic mass is 16.5. The number of hydrogen-bond acceptors (Lipinski definition) is 5. The van der Waals surface area contributed by atoms with Gasteiger partial charge in [0.2, 0.25) is 0 Å². The molecule has 2 aromatic rings. The Morgan fingerprint density at radius 2 is 1.61 bits per heavy atom. The highest BCUT2D eigenvalue weighted by Crippen LogP contribution is 2.33. The molecule has 5 nitrogen and oxygen atoms in total. The van der Waals surface area contributed by atoms with Crippen LogP contribution >= 0.6 is 0 Å². The zero-order chi connectivity index (χ0) is 22.6. The minimum absolute atomic E-state index is 0.0902. The summed E-state index contributed by atoms with van der Waals surface area (Å²) < 4.78 is 17.0.